The number of amides is 4. The van der Waals surface area contributed by atoms with Crippen molar-refractivity contribution in [1.29, 1.82) is 0 Å². The maximum atomic E-state index is 13.4. The highest BCUT2D eigenvalue weighted by Crippen LogP contribution is 2.34. The smallest absolute Gasteiger partial charge is 0.322 e. The summed E-state index contributed by atoms with van der Waals surface area (Å²) in [5.41, 5.74) is 0.290. The minimum absolute atomic E-state index is 0.0675. The molecule has 3 aliphatic rings. The highest BCUT2D eigenvalue weighted by atomic mass is 19.1. The molecule has 7 nitrogen and oxygen atoms in total. The number of urea groups is 1. The molecule has 5 rings (SSSR count). The highest BCUT2D eigenvalue weighted by molar-refractivity contribution is 6.08. The molecule has 0 radical (unpaired) electrons. The van der Waals surface area contributed by atoms with Gasteiger partial charge in [0.2, 0.25) is 0 Å². The predicted octanol–water partition coefficient (Wildman–Crippen LogP) is 2.31. The molecular weight excluding hydrogens is 389 g/mol. The fourth-order valence-corrected chi connectivity index (χ4v) is 3.97. The number of carbonyl (C=O) groups is 3. The molecule has 0 bridgehead atoms. The normalized spacial score (nSPS) is 22.7. The van der Waals surface area contributed by atoms with E-state index in [4.69, 9.17) is 4.74 Å². The molecule has 2 fully saturated rings. The zero-order valence-corrected chi connectivity index (χ0v) is 16.1. The van der Waals surface area contributed by atoms with Crippen molar-refractivity contribution >= 4 is 17.8 Å². The first-order chi connectivity index (χ1) is 14.4. The molecule has 30 heavy (non-hydrogen) atoms. The lowest BCUT2D eigenvalue weighted by molar-refractivity contribution is -0.124. The monoisotopic (exact) mass is 409 g/mol. The number of nitrogens with one attached hydrogen (secondary N) is 2. The molecule has 1 unspecified atom stereocenters. The van der Waals surface area contributed by atoms with E-state index in [-0.39, 0.29) is 12.5 Å². The number of hydrogen-bond donors (Lipinski definition) is 2. The first kappa shape index (κ1) is 18.6. The van der Waals surface area contributed by atoms with Crippen molar-refractivity contribution in [2.75, 3.05) is 13.2 Å². The van der Waals surface area contributed by atoms with E-state index in [0.29, 0.717) is 35.9 Å². The van der Waals surface area contributed by atoms with E-state index >= 15 is 0 Å². The van der Waals surface area contributed by atoms with Crippen LogP contribution in [0.5, 0.6) is 5.75 Å². The summed E-state index contributed by atoms with van der Waals surface area (Å²) >= 11 is 0. The van der Waals surface area contributed by atoms with Gasteiger partial charge in [-0.05, 0) is 54.2 Å². The number of ether oxygens (including phenoxy) is 1. The third-order valence-electron chi connectivity index (χ3n) is 5.85. The van der Waals surface area contributed by atoms with E-state index in [0.717, 1.165) is 5.56 Å². The van der Waals surface area contributed by atoms with E-state index in [2.05, 4.69) is 10.6 Å². The van der Waals surface area contributed by atoms with E-state index in [1.54, 1.807) is 6.07 Å². The maximum Gasteiger partial charge on any atom is 0.322 e. The van der Waals surface area contributed by atoms with E-state index in [9.17, 15) is 18.8 Å². The van der Waals surface area contributed by atoms with Gasteiger partial charge in [0.1, 0.15) is 11.6 Å². The van der Waals surface area contributed by atoms with Gasteiger partial charge < -0.3 is 15.0 Å². The van der Waals surface area contributed by atoms with Gasteiger partial charge in [-0.15, -0.1) is 0 Å². The fourth-order valence-electron chi connectivity index (χ4n) is 3.97. The van der Waals surface area contributed by atoms with Crippen molar-refractivity contribution in [3.05, 3.63) is 65.0 Å². The lowest BCUT2D eigenvalue weighted by Crippen LogP contribution is -2.52. The first-order valence-electron chi connectivity index (χ1n) is 9.89. The van der Waals surface area contributed by atoms with Crippen LogP contribution in [0.25, 0.3) is 0 Å². The molecule has 2 N–H and O–H groups in total. The minimum Gasteiger partial charge on any atom is -0.493 e. The van der Waals surface area contributed by atoms with E-state index in [1.807, 2.05) is 12.1 Å². The Kier molecular flexibility index (Phi) is 4.23. The third-order valence-corrected chi connectivity index (χ3v) is 5.85. The number of hydrogen-bond acceptors (Lipinski definition) is 4. The van der Waals surface area contributed by atoms with Crippen molar-refractivity contribution in [2.45, 2.75) is 24.9 Å². The molecule has 2 aromatic rings. The zero-order chi connectivity index (χ0) is 20.9. The van der Waals surface area contributed by atoms with Crippen LogP contribution in [0.3, 0.4) is 0 Å². The third kappa shape index (κ3) is 3.18. The summed E-state index contributed by atoms with van der Waals surface area (Å²) < 4.78 is 19.2. The van der Waals surface area contributed by atoms with Crippen molar-refractivity contribution in [1.82, 2.24) is 15.5 Å². The number of carbonyl (C=O) groups excluding carboxylic acids is 3. The number of fused-ring (bicyclic) bond motifs is 1. The maximum absolute atomic E-state index is 13.4. The van der Waals surface area contributed by atoms with Crippen LogP contribution in [-0.2, 0) is 16.9 Å². The number of nitrogens with zero attached hydrogens (tertiary/aromatic N) is 1. The topological polar surface area (TPSA) is 87.7 Å². The summed E-state index contributed by atoms with van der Waals surface area (Å²) in [6.07, 6.45) is 2.35. The molecule has 1 saturated carbocycles. The molecule has 0 aromatic heterocycles. The molecular formula is C22H20FN3O4. The van der Waals surface area contributed by atoms with Gasteiger partial charge in [-0.1, -0.05) is 18.2 Å². The predicted molar refractivity (Wildman–Crippen MR) is 104 cm³/mol. The van der Waals surface area contributed by atoms with Crippen molar-refractivity contribution < 1.29 is 23.5 Å². The molecule has 1 aliphatic carbocycles. The summed E-state index contributed by atoms with van der Waals surface area (Å²) in [5, 5.41) is 4.87. The second kappa shape index (κ2) is 6.83. The van der Waals surface area contributed by atoms with Crippen LogP contribution in [0.4, 0.5) is 9.18 Å². The van der Waals surface area contributed by atoms with Crippen LogP contribution in [0.2, 0.25) is 0 Å². The summed E-state index contributed by atoms with van der Waals surface area (Å²) in [5.74, 6) is -0.0165. The Morgan fingerprint density at radius 3 is 2.53 bits per heavy atom. The lowest BCUT2D eigenvalue weighted by Gasteiger charge is -2.31. The Labute approximate surface area is 172 Å². The van der Waals surface area contributed by atoms with Gasteiger partial charge in [0.25, 0.3) is 11.8 Å². The van der Waals surface area contributed by atoms with Crippen LogP contribution < -0.4 is 15.4 Å². The van der Waals surface area contributed by atoms with Crippen molar-refractivity contribution in [3.63, 3.8) is 0 Å². The largest absolute Gasteiger partial charge is 0.493 e. The fraction of sp³-hybridized carbons (Fsp3) is 0.318. The lowest BCUT2D eigenvalue weighted by atomic mass is 9.89. The van der Waals surface area contributed by atoms with Crippen LogP contribution in [0.15, 0.2) is 42.5 Å². The second-order valence-corrected chi connectivity index (χ2v) is 8.06. The SMILES string of the molecule is O=C1NC(=O)C(CN2Cc3ccc(OCC4CC4)cc3C2=O)(c2ccc(F)cc2)N1. The average molecular weight is 409 g/mol. The number of imide groups is 1. The average Bonchev–Trinajstić information content (AvgIpc) is 3.45. The molecule has 154 valence electrons. The summed E-state index contributed by atoms with van der Waals surface area (Å²) in [6.45, 7) is 0.891. The molecule has 4 amide bonds. The van der Waals surface area contributed by atoms with E-state index in [1.165, 1.54) is 42.0 Å². The van der Waals surface area contributed by atoms with Crippen LogP contribution in [0.1, 0.15) is 34.3 Å². The van der Waals surface area contributed by atoms with Gasteiger partial charge in [0, 0.05) is 12.1 Å². The summed E-state index contributed by atoms with van der Waals surface area (Å²) in [4.78, 5) is 39.2. The van der Waals surface area contributed by atoms with Gasteiger partial charge in [-0.3, -0.25) is 14.9 Å². The number of rotatable bonds is 6. The molecule has 2 aromatic carbocycles. The Morgan fingerprint density at radius 1 is 1.10 bits per heavy atom. The zero-order valence-electron chi connectivity index (χ0n) is 16.1. The quantitative estimate of drug-likeness (QED) is 0.717. The summed E-state index contributed by atoms with van der Waals surface area (Å²) in [6, 6.07) is 10.1. The highest BCUT2D eigenvalue weighted by Gasteiger charge is 2.50. The Bertz CT molecular complexity index is 1050. The van der Waals surface area contributed by atoms with Gasteiger partial charge in [0.15, 0.2) is 5.54 Å². The van der Waals surface area contributed by atoms with Crippen molar-refractivity contribution in [3.8, 4) is 5.75 Å². The second-order valence-electron chi connectivity index (χ2n) is 8.06. The Morgan fingerprint density at radius 2 is 1.87 bits per heavy atom. The Hall–Kier alpha value is -3.42. The molecule has 2 heterocycles. The summed E-state index contributed by atoms with van der Waals surface area (Å²) in [7, 11) is 0. The van der Waals surface area contributed by atoms with Gasteiger partial charge >= 0.3 is 6.03 Å². The van der Waals surface area contributed by atoms with E-state index < -0.39 is 23.3 Å². The van der Waals surface area contributed by atoms with Crippen LogP contribution >= 0.6 is 0 Å². The minimum atomic E-state index is -1.48. The van der Waals surface area contributed by atoms with Gasteiger partial charge in [-0.2, -0.15) is 0 Å². The van der Waals surface area contributed by atoms with Crippen LogP contribution in [-0.4, -0.2) is 35.9 Å². The standard InChI is InChI=1S/C22H20FN3O4/c23-16-6-4-15(5-7-16)22(20(28)24-21(29)25-22)12-26-10-14-3-8-17(9-18(14)19(26)27)30-11-13-1-2-13/h3-9,13H,1-2,10-12H2,(H2,24,25,28,29). The van der Waals surface area contributed by atoms with Crippen LogP contribution in [0, 0.1) is 11.7 Å². The number of halogens is 1. The first-order valence-corrected chi connectivity index (χ1v) is 9.89. The molecule has 0 spiro atoms. The molecule has 1 atom stereocenters. The molecule has 8 heteroatoms. The molecule has 2 aliphatic heterocycles. The van der Waals surface area contributed by atoms with Crippen molar-refractivity contribution in [2.24, 2.45) is 5.92 Å². The number of benzene rings is 2. The van der Waals surface area contributed by atoms with Gasteiger partial charge in [-0.25, -0.2) is 9.18 Å². The Balaban J connectivity index is 1.41. The molecule has 1 saturated heterocycles. The van der Waals surface area contributed by atoms with Gasteiger partial charge in [0.05, 0.1) is 13.2 Å².